The molecule has 0 heterocycles. The molecule has 0 atom stereocenters. The predicted molar refractivity (Wildman–Crippen MR) is 62.2 cm³/mol. The van der Waals surface area contributed by atoms with E-state index in [1.165, 1.54) is 13.8 Å². The number of carbonyl (C=O) groups is 4. The van der Waals surface area contributed by atoms with Gasteiger partial charge in [-0.05, 0) is 13.8 Å². The van der Waals surface area contributed by atoms with Gasteiger partial charge in [-0.15, -0.1) is 0 Å². The number of ketones is 2. The molecular formula is C10H20O8. The molecule has 0 radical (unpaired) electrons. The fourth-order valence-electron chi connectivity index (χ4n) is 0.426. The summed E-state index contributed by atoms with van der Waals surface area (Å²) in [5.74, 6) is -2.75. The van der Waals surface area contributed by atoms with Crippen molar-refractivity contribution in [2.24, 2.45) is 0 Å². The van der Waals surface area contributed by atoms with Crippen LogP contribution in [-0.2, 0) is 19.2 Å². The van der Waals surface area contributed by atoms with Crippen LogP contribution in [0.3, 0.4) is 0 Å². The van der Waals surface area contributed by atoms with Gasteiger partial charge < -0.3 is 20.4 Å². The second-order valence-electron chi connectivity index (χ2n) is 2.55. The zero-order chi connectivity index (χ0) is 15.7. The van der Waals surface area contributed by atoms with Gasteiger partial charge in [-0.1, -0.05) is 0 Å². The number of hydrogen-bond donors (Lipinski definition) is 4. The van der Waals surface area contributed by atoms with Gasteiger partial charge in [0.2, 0.25) is 0 Å². The first-order valence-corrected chi connectivity index (χ1v) is 4.57. The fraction of sp³-hybridized carbons (Fsp3) is 0.600. The lowest BCUT2D eigenvalue weighted by Crippen LogP contribution is -2.00. The number of aliphatic hydroxyl groups is 2. The number of carbonyl (C=O) groups excluding carboxylic acids is 2. The van der Waals surface area contributed by atoms with Crippen molar-refractivity contribution in [2.75, 3.05) is 14.2 Å². The number of carboxylic acids is 2. The molecule has 8 nitrogen and oxygen atoms in total. The standard InChI is InChI=1S/2C4H6O3.2CH4O/c2*1-3(5)2-4(6)7;2*1-2/h2*2H2,1H3,(H,6,7);2*2H,1H3. The van der Waals surface area contributed by atoms with Crippen molar-refractivity contribution in [3.05, 3.63) is 0 Å². The van der Waals surface area contributed by atoms with E-state index in [1.807, 2.05) is 0 Å². The summed E-state index contributed by atoms with van der Waals surface area (Å²) in [6, 6.07) is 0. The van der Waals surface area contributed by atoms with E-state index in [2.05, 4.69) is 0 Å². The monoisotopic (exact) mass is 268 g/mol. The third-order valence-electron chi connectivity index (χ3n) is 0.800. The van der Waals surface area contributed by atoms with E-state index in [0.717, 1.165) is 14.2 Å². The minimum atomic E-state index is -1.06. The van der Waals surface area contributed by atoms with E-state index in [4.69, 9.17) is 20.4 Å². The van der Waals surface area contributed by atoms with Crippen molar-refractivity contribution >= 4 is 23.5 Å². The highest BCUT2D eigenvalue weighted by Gasteiger charge is 1.98. The number of aliphatic hydroxyl groups excluding tert-OH is 2. The number of rotatable bonds is 4. The Kier molecular flexibility index (Phi) is 28.8. The zero-order valence-corrected chi connectivity index (χ0v) is 10.8. The molecule has 0 amide bonds. The number of aliphatic carboxylic acids is 2. The third kappa shape index (κ3) is 64.4. The smallest absolute Gasteiger partial charge is 0.310 e. The minimum Gasteiger partial charge on any atom is -0.481 e. The van der Waals surface area contributed by atoms with E-state index in [0.29, 0.717) is 0 Å². The fourth-order valence-corrected chi connectivity index (χ4v) is 0.426. The van der Waals surface area contributed by atoms with Gasteiger partial charge in [-0.3, -0.25) is 19.2 Å². The van der Waals surface area contributed by atoms with Crippen molar-refractivity contribution in [3.63, 3.8) is 0 Å². The summed E-state index contributed by atoms with van der Waals surface area (Å²) in [6.07, 6.45) is -0.722. The van der Waals surface area contributed by atoms with E-state index in [-0.39, 0.29) is 24.4 Å². The Morgan fingerprint density at radius 1 is 0.667 bits per heavy atom. The molecule has 0 aromatic carbocycles. The van der Waals surface area contributed by atoms with E-state index in [9.17, 15) is 19.2 Å². The molecule has 0 aromatic heterocycles. The Bertz CT molecular complexity index is 196. The third-order valence-corrected chi connectivity index (χ3v) is 0.800. The van der Waals surface area contributed by atoms with Gasteiger partial charge in [0.15, 0.2) is 0 Å². The van der Waals surface area contributed by atoms with Gasteiger partial charge in [0.1, 0.15) is 24.4 Å². The summed E-state index contributed by atoms with van der Waals surface area (Å²) in [5, 5.41) is 29.7. The lowest BCUT2D eigenvalue weighted by atomic mass is 10.3. The van der Waals surface area contributed by atoms with Gasteiger partial charge in [0, 0.05) is 14.2 Å². The van der Waals surface area contributed by atoms with Crippen LogP contribution in [0.5, 0.6) is 0 Å². The second-order valence-corrected chi connectivity index (χ2v) is 2.55. The SMILES string of the molecule is CC(=O)CC(=O)O.CC(=O)CC(=O)O.CO.CO. The Labute approximate surface area is 105 Å². The maximum absolute atomic E-state index is 9.87. The van der Waals surface area contributed by atoms with Crippen LogP contribution < -0.4 is 0 Å². The minimum absolute atomic E-state index is 0.312. The topological polar surface area (TPSA) is 149 Å². The van der Waals surface area contributed by atoms with E-state index >= 15 is 0 Å². The van der Waals surface area contributed by atoms with Crippen LogP contribution in [0, 0.1) is 0 Å². The first kappa shape index (κ1) is 25.1. The van der Waals surface area contributed by atoms with Crippen LogP contribution in [0.2, 0.25) is 0 Å². The molecule has 0 saturated carbocycles. The highest BCUT2D eigenvalue weighted by Crippen LogP contribution is 1.78. The molecule has 0 aliphatic heterocycles. The largest absolute Gasteiger partial charge is 0.481 e. The van der Waals surface area contributed by atoms with E-state index in [1.54, 1.807) is 0 Å². The van der Waals surface area contributed by atoms with Crippen molar-refractivity contribution in [3.8, 4) is 0 Å². The molecule has 18 heavy (non-hydrogen) atoms. The van der Waals surface area contributed by atoms with Gasteiger partial charge in [-0.25, -0.2) is 0 Å². The van der Waals surface area contributed by atoms with Crippen LogP contribution in [0.25, 0.3) is 0 Å². The highest BCUT2D eigenvalue weighted by molar-refractivity contribution is 5.93. The van der Waals surface area contributed by atoms with Gasteiger partial charge >= 0.3 is 11.9 Å². The molecule has 0 spiro atoms. The normalized spacial score (nSPS) is 7.00. The van der Waals surface area contributed by atoms with Crippen molar-refractivity contribution in [1.29, 1.82) is 0 Å². The average molecular weight is 268 g/mol. The summed E-state index contributed by atoms with van der Waals surface area (Å²) in [7, 11) is 2.00. The molecule has 108 valence electrons. The molecule has 0 aliphatic rings. The van der Waals surface area contributed by atoms with Gasteiger partial charge in [-0.2, -0.15) is 0 Å². The first-order valence-electron chi connectivity index (χ1n) is 4.57. The average Bonchev–Trinajstić information content (AvgIpc) is 2.20. The Morgan fingerprint density at radius 3 is 0.833 bits per heavy atom. The van der Waals surface area contributed by atoms with Gasteiger partial charge in [0.05, 0.1) is 0 Å². The van der Waals surface area contributed by atoms with Crippen molar-refractivity contribution in [1.82, 2.24) is 0 Å². The summed E-state index contributed by atoms with van der Waals surface area (Å²) < 4.78 is 0. The molecule has 0 aliphatic carbocycles. The Hall–Kier alpha value is -1.80. The molecule has 0 rings (SSSR count). The van der Waals surface area contributed by atoms with Crippen LogP contribution >= 0.6 is 0 Å². The molecule has 8 heteroatoms. The number of Topliss-reactive ketones (excluding diaryl/α,β-unsaturated/α-hetero) is 2. The number of hydrogen-bond acceptors (Lipinski definition) is 6. The number of carboxylic acid groups (broad SMARTS) is 2. The molecule has 4 N–H and O–H groups in total. The molecular weight excluding hydrogens is 248 g/mol. The van der Waals surface area contributed by atoms with Crippen LogP contribution in [0.4, 0.5) is 0 Å². The summed E-state index contributed by atoms with van der Waals surface area (Å²) >= 11 is 0. The maximum atomic E-state index is 9.87. The molecule has 0 unspecified atom stereocenters. The first-order chi connectivity index (χ1) is 8.25. The Balaban J connectivity index is -0.0000000851. The summed E-state index contributed by atoms with van der Waals surface area (Å²) in [4.78, 5) is 38.9. The van der Waals surface area contributed by atoms with Gasteiger partial charge in [0.25, 0.3) is 0 Å². The van der Waals surface area contributed by atoms with Crippen molar-refractivity contribution < 1.29 is 39.6 Å². The molecule has 0 bridgehead atoms. The van der Waals surface area contributed by atoms with Crippen LogP contribution in [0.1, 0.15) is 26.7 Å². The zero-order valence-electron chi connectivity index (χ0n) is 10.8. The Morgan fingerprint density at radius 2 is 0.833 bits per heavy atom. The molecule has 0 fully saturated rings. The molecule has 0 aromatic rings. The van der Waals surface area contributed by atoms with Crippen LogP contribution in [0.15, 0.2) is 0 Å². The van der Waals surface area contributed by atoms with Crippen molar-refractivity contribution in [2.45, 2.75) is 26.7 Å². The predicted octanol–water partition coefficient (Wildman–Crippen LogP) is -0.683. The lowest BCUT2D eigenvalue weighted by molar-refractivity contribution is -0.141. The lowest BCUT2D eigenvalue weighted by Gasteiger charge is -1.80. The highest BCUT2D eigenvalue weighted by atomic mass is 16.4. The van der Waals surface area contributed by atoms with Crippen LogP contribution in [-0.4, -0.2) is 58.2 Å². The second kappa shape index (κ2) is 20.6. The quantitative estimate of drug-likeness (QED) is 0.490. The summed E-state index contributed by atoms with van der Waals surface area (Å²) in [5.41, 5.74) is 0. The summed E-state index contributed by atoms with van der Waals surface area (Å²) in [6.45, 7) is 2.49. The maximum Gasteiger partial charge on any atom is 0.310 e. The molecule has 0 saturated heterocycles. The van der Waals surface area contributed by atoms with E-state index < -0.39 is 11.9 Å².